The lowest BCUT2D eigenvalue weighted by Crippen LogP contribution is -2.17. The number of nitrogens with one attached hydrogen (secondary N) is 1. The second-order valence-electron chi connectivity index (χ2n) is 6.40. The van der Waals surface area contributed by atoms with Crippen LogP contribution in [0.15, 0.2) is 41.5 Å². The van der Waals surface area contributed by atoms with Crippen LogP contribution in [0.2, 0.25) is 0 Å². The van der Waals surface area contributed by atoms with Crippen LogP contribution in [0.5, 0.6) is 23.0 Å². The molecule has 0 aliphatic rings. The number of hydrogen-bond donors (Lipinski definition) is 1. The van der Waals surface area contributed by atoms with Crippen LogP contribution in [0.1, 0.15) is 49.5 Å². The average Bonchev–Trinajstić information content (AvgIpc) is 2.77. The van der Waals surface area contributed by atoms with Crippen LogP contribution in [-0.2, 0) is 0 Å². The van der Waals surface area contributed by atoms with E-state index in [0.29, 0.717) is 48.4 Å². The Morgan fingerprint density at radius 3 is 2.20 bits per heavy atom. The maximum Gasteiger partial charge on any atom is 0.271 e. The highest BCUT2D eigenvalue weighted by atomic mass is 16.5. The van der Waals surface area contributed by atoms with Gasteiger partial charge in [0.2, 0.25) is 0 Å². The maximum atomic E-state index is 12.4. The summed E-state index contributed by atoms with van der Waals surface area (Å²) in [5.74, 6) is 2.10. The number of methoxy groups -OCH3 is 1. The molecule has 30 heavy (non-hydrogen) atoms. The number of benzene rings is 2. The summed E-state index contributed by atoms with van der Waals surface area (Å²) in [4.78, 5) is 12.4. The van der Waals surface area contributed by atoms with Gasteiger partial charge in [0.05, 0.1) is 33.1 Å². The van der Waals surface area contributed by atoms with Gasteiger partial charge in [-0.25, -0.2) is 5.43 Å². The number of ether oxygens (including phenoxy) is 4. The van der Waals surface area contributed by atoms with Crippen molar-refractivity contribution in [3.63, 3.8) is 0 Å². The highest BCUT2D eigenvalue weighted by molar-refractivity contribution is 5.95. The van der Waals surface area contributed by atoms with Gasteiger partial charge in [0.1, 0.15) is 0 Å². The van der Waals surface area contributed by atoms with Crippen molar-refractivity contribution >= 4 is 12.1 Å². The van der Waals surface area contributed by atoms with E-state index in [-0.39, 0.29) is 5.91 Å². The van der Waals surface area contributed by atoms with E-state index >= 15 is 0 Å². The van der Waals surface area contributed by atoms with Crippen LogP contribution in [0.25, 0.3) is 0 Å². The van der Waals surface area contributed by atoms with E-state index in [1.165, 1.54) is 0 Å². The van der Waals surface area contributed by atoms with Crippen molar-refractivity contribution in [1.29, 1.82) is 0 Å². The first-order valence-corrected chi connectivity index (χ1v) is 10.2. The predicted octanol–water partition coefficient (Wildman–Crippen LogP) is 4.44. The Balaban J connectivity index is 2.05. The van der Waals surface area contributed by atoms with Crippen LogP contribution >= 0.6 is 0 Å². The van der Waals surface area contributed by atoms with Crippen molar-refractivity contribution in [2.24, 2.45) is 5.10 Å². The molecule has 0 atom stereocenters. The van der Waals surface area contributed by atoms with Gasteiger partial charge >= 0.3 is 0 Å². The van der Waals surface area contributed by atoms with Gasteiger partial charge in [0, 0.05) is 5.56 Å². The summed E-state index contributed by atoms with van der Waals surface area (Å²) < 4.78 is 22.2. The van der Waals surface area contributed by atoms with E-state index in [0.717, 1.165) is 18.4 Å². The highest BCUT2D eigenvalue weighted by Crippen LogP contribution is 2.29. The largest absolute Gasteiger partial charge is 0.493 e. The minimum absolute atomic E-state index is 0.343. The summed E-state index contributed by atoms with van der Waals surface area (Å²) in [5.41, 5.74) is 3.73. The van der Waals surface area contributed by atoms with Gasteiger partial charge in [-0.1, -0.05) is 13.8 Å². The molecule has 1 N–H and O–H groups in total. The number of carbonyl (C=O) groups excluding carboxylic acids is 1. The van der Waals surface area contributed by atoms with Gasteiger partial charge in [-0.2, -0.15) is 5.10 Å². The number of amides is 1. The molecule has 0 bridgehead atoms. The SMILES string of the molecule is CCCOc1ccc(/C=N/NC(=O)c2ccc(OCCC)c(OCC)c2)cc1OC. The molecule has 0 unspecified atom stereocenters. The molecule has 0 saturated heterocycles. The first-order chi connectivity index (χ1) is 14.6. The lowest BCUT2D eigenvalue weighted by Gasteiger charge is -2.12. The first-order valence-electron chi connectivity index (χ1n) is 10.2. The average molecular weight is 415 g/mol. The molecule has 2 aromatic rings. The molecule has 7 heteroatoms. The second-order valence-corrected chi connectivity index (χ2v) is 6.40. The second kappa shape index (κ2) is 12.4. The fraction of sp³-hybridized carbons (Fsp3) is 0.391. The molecule has 0 aliphatic carbocycles. The molecule has 2 rings (SSSR count). The Hall–Kier alpha value is -3.22. The Kier molecular flexibility index (Phi) is 9.51. The van der Waals surface area contributed by atoms with Crippen molar-refractivity contribution in [3.05, 3.63) is 47.5 Å². The van der Waals surface area contributed by atoms with E-state index in [1.54, 1.807) is 37.6 Å². The molecule has 0 heterocycles. The Morgan fingerprint density at radius 2 is 1.57 bits per heavy atom. The van der Waals surface area contributed by atoms with Gasteiger partial charge in [0.15, 0.2) is 23.0 Å². The zero-order valence-corrected chi connectivity index (χ0v) is 18.1. The van der Waals surface area contributed by atoms with E-state index in [4.69, 9.17) is 18.9 Å². The van der Waals surface area contributed by atoms with E-state index in [1.807, 2.05) is 32.9 Å². The van der Waals surface area contributed by atoms with Crippen molar-refractivity contribution in [2.45, 2.75) is 33.6 Å². The summed E-state index contributed by atoms with van der Waals surface area (Å²) >= 11 is 0. The Labute approximate surface area is 178 Å². The number of hydrazone groups is 1. The summed E-state index contributed by atoms with van der Waals surface area (Å²) in [6.07, 6.45) is 3.35. The zero-order chi connectivity index (χ0) is 21.8. The first kappa shape index (κ1) is 23.1. The van der Waals surface area contributed by atoms with E-state index < -0.39 is 0 Å². The summed E-state index contributed by atoms with van der Waals surface area (Å²) in [6, 6.07) is 10.5. The number of carbonyl (C=O) groups is 1. The molecule has 2 aromatic carbocycles. The van der Waals surface area contributed by atoms with Crippen LogP contribution in [-0.4, -0.2) is 39.1 Å². The van der Waals surface area contributed by atoms with E-state index in [9.17, 15) is 4.79 Å². The third-order valence-corrected chi connectivity index (χ3v) is 4.00. The number of rotatable bonds is 12. The lowest BCUT2D eigenvalue weighted by molar-refractivity contribution is 0.0954. The normalized spacial score (nSPS) is 10.7. The summed E-state index contributed by atoms with van der Waals surface area (Å²) in [5, 5.41) is 4.04. The fourth-order valence-corrected chi connectivity index (χ4v) is 2.57. The van der Waals surface area contributed by atoms with Crippen molar-refractivity contribution in [3.8, 4) is 23.0 Å². The van der Waals surface area contributed by atoms with Crippen molar-refractivity contribution in [1.82, 2.24) is 5.43 Å². The van der Waals surface area contributed by atoms with Gasteiger partial charge < -0.3 is 18.9 Å². The third kappa shape index (κ3) is 6.69. The quantitative estimate of drug-likeness (QED) is 0.410. The molecule has 0 aliphatic heterocycles. The molecular formula is C23H30N2O5. The Bertz CT molecular complexity index is 851. The molecule has 7 nitrogen and oxygen atoms in total. The lowest BCUT2D eigenvalue weighted by atomic mass is 10.2. The van der Waals surface area contributed by atoms with Gasteiger partial charge in [-0.3, -0.25) is 4.79 Å². The molecule has 0 fully saturated rings. The molecule has 1 amide bonds. The van der Waals surface area contributed by atoms with Gasteiger partial charge in [0.25, 0.3) is 5.91 Å². The fourth-order valence-electron chi connectivity index (χ4n) is 2.57. The molecule has 162 valence electrons. The molecular weight excluding hydrogens is 384 g/mol. The monoisotopic (exact) mass is 414 g/mol. The summed E-state index contributed by atoms with van der Waals surface area (Å²) in [6.45, 7) is 7.63. The van der Waals surface area contributed by atoms with E-state index in [2.05, 4.69) is 10.5 Å². The Morgan fingerprint density at radius 1 is 0.900 bits per heavy atom. The number of nitrogens with zero attached hydrogens (tertiary/aromatic N) is 1. The van der Waals surface area contributed by atoms with Gasteiger partial charge in [-0.15, -0.1) is 0 Å². The minimum atomic E-state index is -0.343. The molecule has 0 spiro atoms. The third-order valence-electron chi connectivity index (χ3n) is 4.00. The smallest absolute Gasteiger partial charge is 0.271 e. The molecule has 0 aromatic heterocycles. The van der Waals surface area contributed by atoms with Crippen molar-refractivity contribution < 1.29 is 23.7 Å². The van der Waals surface area contributed by atoms with Crippen LogP contribution in [0.3, 0.4) is 0 Å². The maximum absolute atomic E-state index is 12.4. The number of hydrogen-bond acceptors (Lipinski definition) is 6. The van der Waals surface area contributed by atoms with Gasteiger partial charge in [-0.05, 0) is 61.7 Å². The molecule has 0 saturated carbocycles. The minimum Gasteiger partial charge on any atom is -0.493 e. The van der Waals surface area contributed by atoms with Crippen molar-refractivity contribution in [2.75, 3.05) is 26.9 Å². The zero-order valence-electron chi connectivity index (χ0n) is 18.1. The van der Waals surface area contributed by atoms with Crippen LogP contribution in [0, 0.1) is 0 Å². The highest BCUT2D eigenvalue weighted by Gasteiger charge is 2.11. The predicted molar refractivity (Wildman–Crippen MR) is 117 cm³/mol. The standard InChI is InChI=1S/C23H30N2O5/c1-5-12-29-19-10-8-17(14-21(19)27-4)16-24-25-23(26)18-9-11-20(30-13-6-2)22(15-18)28-7-3/h8-11,14-16H,5-7,12-13H2,1-4H3,(H,25,26)/b24-16+. The van der Waals surface area contributed by atoms with Crippen LogP contribution in [0.4, 0.5) is 0 Å². The summed E-state index contributed by atoms with van der Waals surface area (Å²) in [7, 11) is 1.58. The van der Waals surface area contributed by atoms with Crippen LogP contribution < -0.4 is 24.4 Å². The topological polar surface area (TPSA) is 78.4 Å². The molecule has 0 radical (unpaired) electrons.